The fourth-order valence-corrected chi connectivity index (χ4v) is 5.21. The van der Waals surface area contributed by atoms with Gasteiger partial charge in [-0.3, -0.25) is 10.1 Å². The van der Waals surface area contributed by atoms with Crippen molar-refractivity contribution in [1.29, 1.82) is 0 Å². The van der Waals surface area contributed by atoms with Gasteiger partial charge in [0, 0.05) is 31.7 Å². The van der Waals surface area contributed by atoms with E-state index >= 15 is 0 Å². The third-order valence-electron chi connectivity index (χ3n) is 4.99. The van der Waals surface area contributed by atoms with Crippen molar-refractivity contribution < 1.29 is 22.7 Å². The van der Waals surface area contributed by atoms with Crippen LogP contribution in [0.5, 0.6) is 0 Å². The number of benzene rings is 1. The first-order chi connectivity index (χ1) is 13.7. The van der Waals surface area contributed by atoms with Crippen LogP contribution in [0.4, 0.5) is 0 Å². The molecule has 2 saturated heterocycles. The summed E-state index contributed by atoms with van der Waals surface area (Å²) in [6.45, 7) is 8.19. The van der Waals surface area contributed by atoms with E-state index in [2.05, 4.69) is 5.32 Å². The van der Waals surface area contributed by atoms with Crippen LogP contribution in [0.1, 0.15) is 29.8 Å². The van der Waals surface area contributed by atoms with Crippen LogP contribution in [0.2, 0.25) is 0 Å². The molecule has 0 bridgehead atoms. The largest absolute Gasteiger partial charge is 0.379 e. The molecule has 8 nitrogen and oxygen atoms in total. The van der Waals surface area contributed by atoms with Gasteiger partial charge in [0.15, 0.2) is 5.11 Å². The average Bonchev–Trinajstić information content (AvgIpc) is 2.68. The second-order valence-electron chi connectivity index (χ2n) is 7.41. The molecule has 10 heteroatoms. The summed E-state index contributed by atoms with van der Waals surface area (Å²) in [6, 6.07) is 4.59. The molecule has 1 aromatic rings. The number of carbonyl (C=O) groups is 1. The van der Waals surface area contributed by atoms with Crippen molar-refractivity contribution in [2.24, 2.45) is 0 Å². The Hall–Kier alpha value is -1.59. The number of rotatable bonds is 3. The fraction of sp³-hybridized carbons (Fsp3) is 0.579. The Bertz CT molecular complexity index is 874. The van der Waals surface area contributed by atoms with E-state index in [9.17, 15) is 13.2 Å². The van der Waals surface area contributed by atoms with Gasteiger partial charge in [-0.25, -0.2) is 8.42 Å². The zero-order chi connectivity index (χ0) is 21.2. The third kappa shape index (κ3) is 5.13. The van der Waals surface area contributed by atoms with Gasteiger partial charge in [0.25, 0.3) is 5.91 Å². The number of hydrogen-bond acceptors (Lipinski definition) is 6. The topological polar surface area (TPSA) is 88.2 Å². The van der Waals surface area contributed by atoms with E-state index in [1.807, 2.05) is 18.7 Å². The Labute approximate surface area is 177 Å². The first-order valence-electron chi connectivity index (χ1n) is 9.62. The van der Waals surface area contributed by atoms with Gasteiger partial charge in [-0.05, 0) is 50.7 Å². The first kappa shape index (κ1) is 22.1. The summed E-state index contributed by atoms with van der Waals surface area (Å²) in [4.78, 5) is 14.8. The molecule has 2 aliphatic rings. The number of hydrogen-bond donors (Lipinski definition) is 1. The number of amides is 1. The smallest absolute Gasteiger partial charge is 0.257 e. The Morgan fingerprint density at radius 2 is 1.79 bits per heavy atom. The maximum atomic E-state index is 12.9. The highest BCUT2D eigenvalue weighted by atomic mass is 32.2. The van der Waals surface area contributed by atoms with Crippen molar-refractivity contribution in [1.82, 2.24) is 14.5 Å². The van der Waals surface area contributed by atoms with Gasteiger partial charge >= 0.3 is 0 Å². The fourth-order valence-electron chi connectivity index (χ4n) is 3.53. The lowest BCUT2D eigenvalue weighted by molar-refractivity contribution is -0.0481. The maximum absolute atomic E-state index is 12.9. The molecule has 2 atom stereocenters. The van der Waals surface area contributed by atoms with Gasteiger partial charge in [-0.2, -0.15) is 4.31 Å². The molecule has 0 saturated carbocycles. The molecule has 0 aromatic heterocycles. The highest BCUT2D eigenvalue weighted by Gasteiger charge is 2.28. The normalized spacial score (nSPS) is 23.6. The van der Waals surface area contributed by atoms with Crippen molar-refractivity contribution in [2.45, 2.75) is 37.9 Å². The second-order valence-corrected chi connectivity index (χ2v) is 9.74. The van der Waals surface area contributed by atoms with Crippen LogP contribution in [0.15, 0.2) is 23.1 Å². The molecule has 0 radical (unpaired) electrons. The molecular weight excluding hydrogens is 414 g/mol. The second kappa shape index (κ2) is 9.05. The minimum absolute atomic E-state index is 0.0114. The van der Waals surface area contributed by atoms with E-state index < -0.39 is 15.9 Å². The number of sulfonamides is 1. The molecule has 2 heterocycles. The summed E-state index contributed by atoms with van der Waals surface area (Å²) in [5, 5.41) is 3.06. The number of ether oxygens (including phenoxy) is 2. The number of aryl methyl sites for hydroxylation is 1. The van der Waals surface area contributed by atoms with E-state index in [0.29, 0.717) is 50.1 Å². The van der Waals surface area contributed by atoms with E-state index in [-0.39, 0.29) is 22.7 Å². The summed E-state index contributed by atoms with van der Waals surface area (Å²) in [7, 11) is -3.68. The third-order valence-corrected chi connectivity index (χ3v) is 7.24. The number of thiocarbonyl (C=S) groups is 1. The molecule has 29 heavy (non-hydrogen) atoms. The van der Waals surface area contributed by atoms with Crippen LogP contribution in [0.3, 0.4) is 0 Å². The van der Waals surface area contributed by atoms with E-state index in [0.717, 1.165) is 0 Å². The molecule has 0 unspecified atom stereocenters. The maximum Gasteiger partial charge on any atom is 0.257 e. The monoisotopic (exact) mass is 441 g/mol. The summed E-state index contributed by atoms with van der Waals surface area (Å²) in [5.74, 6) is -0.418. The lowest BCUT2D eigenvalue weighted by atomic mass is 10.1. The van der Waals surface area contributed by atoms with Crippen LogP contribution in [-0.4, -0.2) is 80.2 Å². The van der Waals surface area contributed by atoms with Crippen LogP contribution < -0.4 is 5.32 Å². The Morgan fingerprint density at radius 3 is 2.41 bits per heavy atom. The number of carbonyl (C=O) groups excluding carboxylic acids is 1. The van der Waals surface area contributed by atoms with Crippen LogP contribution in [0.25, 0.3) is 0 Å². The first-order valence-corrected chi connectivity index (χ1v) is 11.5. The SMILES string of the molecule is Cc1ccc(S(=O)(=O)N2CCOCC2)cc1C(=O)NC(=S)N1C[C@@H](C)O[C@@H](C)C1. The van der Waals surface area contributed by atoms with Gasteiger partial charge < -0.3 is 14.4 Å². The number of morpholine rings is 2. The van der Waals surface area contributed by atoms with Gasteiger partial charge in [0.2, 0.25) is 10.0 Å². The number of nitrogens with one attached hydrogen (secondary N) is 1. The standard InChI is InChI=1S/C19H27N3O5S2/c1-13-4-5-16(29(24,25)22-6-8-26-9-7-22)10-17(13)18(23)20-19(28)21-11-14(2)27-15(3)12-21/h4-5,10,14-15H,6-9,11-12H2,1-3H3,(H,20,23,28)/t14-,15+. The molecule has 160 valence electrons. The molecular formula is C19H27N3O5S2. The van der Waals surface area contributed by atoms with Crippen molar-refractivity contribution >= 4 is 33.3 Å². The van der Waals surface area contributed by atoms with Gasteiger partial charge in [0.1, 0.15) is 0 Å². The highest BCUT2D eigenvalue weighted by Crippen LogP contribution is 2.21. The molecule has 1 N–H and O–H groups in total. The van der Waals surface area contributed by atoms with E-state index in [4.69, 9.17) is 21.7 Å². The van der Waals surface area contributed by atoms with Gasteiger partial charge in [-0.1, -0.05) is 6.07 Å². The predicted octanol–water partition coefficient (Wildman–Crippen LogP) is 1.14. The Morgan fingerprint density at radius 1 is 1.17 bits per heavy atom. The lowest BCUT2D eigenvalue weighted by Crippen LogP contribution is -2.52. The van der Waals surface area contributed by atoms with Crippen LogP contribution >= 0.6 is 12.2 Å². The number of nitrogens with zero attached hydrogens (tertiary/aromatic N) is 2. The van der Waals surface area contributed by atoms with E-state index in [1.165, 1.54) is 16.4 Å². The van der Waals surface area contributed by atoms with Crippen molar-refractivity contribution in [2.75, 3.05) is 39.4 Å². The quantitative estimate of drug-likeness (QED) is 0.704. The Balaban J connectivity index is 1.77. The van der Waals surface area contributed by atoms with Crippen molar-refractivity contribution in [3.63, 3.8) is 0 Å². The molecule has 1 amide bonds. The minimum Gasteiger partial charge on any atom is -0.379 e. The molecule has 0 spiro atoms. The highest BCUT2D eigenvalue weighted by molar-refractivity contribution is 7.89. The predicted molar refractivity (Wildman–Crippen MR) is 112 cm³/mol. The van der Waals surface area contributed by atoms with Gasteiger partial charge in [0.05, 0.1) is 30.3 Å². The summed E-state index contributed by atoms with van der Waals surface area (Å²) in [6.07, 6.45) is 0.0228. The molecule has 0 aliphatic carbocycles. The molecule has 2 aliphatic heterocycles. The summed E-state index contributed by atoms with van der Waals surface area (Å²) >= 11 is 5.41. The zero-order valence-electron chi connectivity index (χ0n) is 16.9. The average molecular weight is 442 g/mol. The molecule has 3 rings (SSSR count). The minimum atomic E-state index is -3.68. The van der Waals surface area contributed by atoms with Crippen molar-refractivity contribution in [3.05, 3.63) is 29.3 Å². The lowest BCUT2D eigenvalue weighted by Gasteiger charge is -2.36. The van der Waals surface area contributed by atoms with Crippen LogP contribution in [0, 0.1) is 6.92 Å². The van der Waals surface area contributed by atoms with Crippen molar-refractivity contribution in [3.8, 4) is 0 Å². The van der Waals surface area contributed by atoms with E-state index in [1.54, 1.807) is 13.0 Å². The Kier molecular flexibility index (Phi) is 6.90. The van der Waals surface area contributed by atoms with Crippen LogP contribution in [-0.2, 0) is 19.5 Å². The molecule has 2 fully saturated rings. The zero-order valence-corrected chi connectivity index (χ0v) is 18.5. The molecule has 1 aromatic carbocycles. The summed E-state index contributed by atoms with van der Waals surface area (Å²) < 4.78 is 38.1. The summed E-state index contributed by atoms with van der Waals surface area (Å²) in [5.41, 5.74) is 0.964. The van der Waals surface area contributed by atoms with Gasteiger partial charge in [-0.15, -0.1) is 0 Å².